The number of ketones is 1. The third kappa shape index (κ3) is 2.81. The maximum absolute atomic E-state index is 12.2. The van der Waals surface area contributed by atoms with Gasteiger partial charge >= 0.3 is 5.63 Å². The maximum Gasteiger partial charge on any atom is 0.347 e. The van der Waals surface area contributed by atoms with Crippen LogP contribution in [0.25, 0.3) is 17.0 Å². The molecule has 22 heavy (non-hydrogen) atoms. The first-order valence-corrected chi connectivity index (χ1v) is 6.68. The lowest BCUT2D eigenvalue weighted by Gasteiger charge is -1.99. The second kappa shape index (κ2) is 5.69. The average molecular weight is 292 g/mol. The third-order valence-corrected chi connectivity index (χ3v) is 3.23. The highest BCUT2D eigenvalue weighted by atomic mass is 16.4. The Morgan fingerprint density at radius 3 is 2.55 bits per heavy atom. The van der Waals surface area contributed by atoms with Gasteiger partial charge in [-0.2, -0.15) is 0 Å². The Balaban J connectivity index is 1.93. The minimum atomic E-state index is -0.654. The Kier molecular flexibility index (Phi) is 3.58. The van der Waals surface area contributed by atoms with E-state index in [1.807, 2.05) is 6.07 Å². The fourth-order valence-electron chi connectivity index (χ4n) is 2.08. The van der Waals surface area contributed by atoms with Crippen LogP contribution < -0.4 is 5.63 Å². The van der Waals surface area contributed by atoms with E-state index in [0.717, 1.165) is 5.56 Å². The summed E-state index contributed by atoms with van der Waals surface area (Å²) in [4.78, 5) is 24.0. The highest BCUT2D eigenvalue weighted by molar-refractivity contribution is 6.07. The van der Waals surface area contributed by atoms with Crippen LogP contribution in [0.1, 0.15) is 15.9 Å². The van der Waals surface area contributed by atoms with Crippen molar-refractivity contribution in [3.05, 3.63) is 82.2 Å². The van der Waals surface area contributed by atoms with Gasteiger partial charge in [0.05, 0.1) is 0 Å². The van der Waals surface area contributed by atoms with Gasteiger partial charge in [-0.25, -0.2) is 4.79 Å². The molecule has 0 aliphatic carbocycles. The van der Waals surface area contributed by atoms with Crippen LogP contribution in [0.4, 0.5) is 0 Å². The minimum Gasteiger partial charge on any atom is -0.508 e. The number of carbonyl (C=O) groups excluding carboxylic acids is 1. The van der Waals surface area contributed by atoms with E-state index >= 15 is 0 Å². The van der Waals surface area contributed by atoms with Crippen molar-refractivity contribution in [3.8, 4) is 5.75 Å². The first kappa shape index (κ1) is 13.8. The molecule has 0 aliphatic rings. The van der Waals surface area contributed by atoms with Crippen LogP contribution in [0.15, 0.2) is 69.9 Å². The first-order chi connectivity index (χ1) is 10.6. The summed E-state index contributed by atoms with van der Waals surface area (Å²) in [7, 11) is 0. The van der Waals surface area contributed by atoms with E-state index in [-0.39, 0.29) is 11.3 Å². The summed E-state index contributed by atoms with van der Waals surface area (Å²) in [5.74, 6) is -0.272. The van der Waals surface area contributed by atoms with E-state index in [2.05, 4.69) is 0 Å². The number of hydrogen-bond acceptors (Lipinski definition) is 4. The van der Waals surface area contributed by atoms with Gasteiger partial charge in [0.15, 0.2) is 5.78 Å². The molecule has 3 rings (SSSR count). The van der Waals surface area contributed by atoms with Crippen LogP contribution in [0, 0.1) is 0 Å². The quantitative estimate of drug-likeness (QED) is 0.456. The van der Waals surface area contributed by atoms with Crippen molar-refractivity contribution in [1.29, 1.82) is 0 Å². The topological polar surface area (TPSA) is 67.5 Å². The van der Waals surface area contributed by atoms with Crippen molar-refractivity contribution in [3.63, 3.8) is 0 Å². The Hall–Kier alpha value is -3.14. The Bertz CT molecular complexity index is 918. The number of aromatic hydroxyl groups is 1. The molecule has 108 valence electrons. The number of allylic oxidation sites excluding steroid dienone is 1. The van der Waals surface area contributed by atoms with E-state index in [4.69, 9.17) is 4.42 Å². The lowest BCUT2D eigenvalue weighted by molar-refractivity contribution is 0.104. The summed E-state index contributed by atoms with van der Waals surface area (Å²) in [5, 5.41) is 9.90. The summed E-state index contributed by atoms with van der Waals surface area (Å²) in [6, 6.07) is 14.9. The zero-order valence-corrected chi connectivity index (χ0v) is 11.5. The zero-order chi connectivity index (χ0) is 15.5. The van der Waals surface area contributed by atoms with Crippen LogP contribution in [-0.2, 0) is 0 Å². The fourth-order valence-corrected chi connectivity index (χ4v) is 2.08. The molecule has 3 aromatic rings. The smallest absolute Gasteiger partial charge is 0.347 e. The fraction of sp³-hybridized carbons (Fsp3) is 0. The molecule has 0 aliphatic heterocycles. The molecule has 4 heteroatoms. The summed E-state index contributed by atoms with van der Waals surface area (Å²) in [6.45, 7) is 0. The highest BCUT2D eigenvalue weighted by Crippen LogP contribution is 2.14. The van der Waals surface area contributed by atoms with Crippen LogP contribution in [0.5, 0.6) is 5.75 Å². The lowest BCUT2D eigenvalue weighted by Crippen LogP contribution is -2.11. The van der Waals surface area contributed by atoms with E-state index in [9.17, 15) is 14.7 Å². The Morgan fingerprint density at radius 2 is 1.77 bits per heavy atom. The zero-order valence-electron chi connectivity index (χ0n) is 11.5. The number of phenolic OH excluding ortho intramolecular Hbond substituents is 1. The number of hydrogen-bond donors (Lipinski definition) is 1. The van der Waals surface area contributed by atoms with Gasteiger partial charge in [-0.3, -0.25) is 4.79 Å². The first-order valence-electron chi connectivity index (χ1n) is 6.68. The number of rotatable bonds is 3. The normalized spacial score (nSPS) is 11.1. The molecule has 0 spiro atoms. The predicted molar refractivity (Wildman–Crippen MR) is 84.0 cm³/mol. The van der Waals surface area contributed by atoms with E-state index in [0.29, 0.717) is 11.0 Å². The second-order valence-corrected chi connectivity index (χ2v) is 4.77. The van der Waals surface area contributed by atoms with Crippen molar-refractivity contribution in [2.24, 2.45) is 0 Å². The standard InChI is InChI=1S/C18H12O4/c19-14-8-5-12(6-9-14)7-10-16(20)15-11-13-3-1-2-4-17(13)22-18(15)21/h1-11,19H/b10-7+. The molecule has 0 fully saturated rings. The molecule has 0 radical (unpaired) electrons. The maximum atomic E-state index is 12.2. The molecular formula is C18H12O4. The lowest BCUT2D eigenvalue weighted by atomic mass is 10.1. The molecule has 1 aromatic heterocycles. The monoisotopic (exact) mass is 292 g/mol. The minimum absolute atomic E-state index is 0.00581. The van der Waals surface area contributed by atoms with Gasteiger partial charge < -0.3 is 9.52 Å². The second-order valence-electron chi connectivity index (χ2n) is 4.77. The van der Waals surface area contributed by atoms with Crippen LogP contribution >= 0.6 is 0 Å². The van der Waals surface area contributed by atoms with Crippen LogP contribution in [0.3, 0.4) is 0 Å². The SMILES string of the molecule is O=C(/C=C/c1ccc(O)cc1)c1cc2ccccc2oc1=O. The van der Waals surface area contributed by atoms with Gasteiger partial charge in [-0.05, 0) is 35.9 Å². The number of carbonyl (C=O) groups is 1. The van der Waals surface area contributed by atoms with Crippen molar-refractivity contribution in [2.45, 2.75) is 0 Å². The molecule has 0 unspecified atom stereocenters. The predicted octanol–water partition coefficient (Wildman–Crippen LogP) is 3.39. The number of phenols is 1. The van der Waals surface area contributed by atoms with Gasteiger partial charge in [0, 0.05) is 5.39 Å². The molecular weight excluding hydrogens is 280 g/mol. The molecule has 0 saturated carbocycles. The molecule has 1 heterocycles. The van der Waals surface area contributed by atoms with Crippen LogP contribution in [-0.4, -0.2) is 10.9 Å². The van der Waals surface area contributed by atoms with Crippen molar-refractivity contribution >= 4 is 22.8 Å². The van der Waals surface area contributed by atoms with Crippen molar-refractivity contribution in [2.75, 3.05) is 0 Å². The molecule has 4 nitrogen and oxygen atoms in total. The largest absolute Gasteiger partial charge is 0.508 e. The molecule has 2 aromatic carbocycles. The van der Waals surface area contributed by atoms with Gasteiger partial charge in [0.2, 0.25) is 0 Å². The summed E-state index contributed by atoms with van der Waals surface area (Å²) in [6.07, 6.45) is 2.89. The van der Waals surface area contributed by atoms with Gasteiger partial charge in [0.25, 0.3) is 0 Å². The Morgan fingerprint density at radius 1 is 1.05 bits per heavy atom. The summed E-state index contributed by atoms with van der Waals surface area (Å²) < 4.78 is 5.14. The average Bonchev–Trinajstić information content (AvgIpc) is 2.53. The molecule has 0 atom stereocenters. The number of benzene rings is 2. The van der Waals surface area contributed by atoms with Crippen molar-refractivity contribution in [1.82, 2.24) is 0 Å². The molecule has 0 amide bonds. The summed E-state index contributed by atoms with van der Waals surface area (Å²) >= 11 is 0. The van der Waals surface area contributed by atoms with Gasteiger partial charge in [0.1, 0.15) is 16.9 Å². The molecule has 0 saturated heterocycles. The van der Waals surface area contributed by atoms with Gasteiger partial charge in [-0.1, -0.05) is 36.4 Å². The van der Waals surface area contributed by atoms with E-state index in [1.54, 1.807) is 36.4 Å². The Labute approximate surface area is 125 Å². The number of para-hydroxylation sites is 1. The summed E-state index contributed by atoms with van der Waals surface area (Å²) in [5.41, 5.74) is 0.538. The van der Waals surface area contributed by atoms with Gasteiger partial charge in [-0.15, -0.1) is 0 Å². The number of fused-ring (bicyclic) bond motifs is 1. The molecule has 1 N–H and O–H groups in total. The molecule has 0 bridgehead atoms. The van der Waals surface area contributed by atoms with Crippen LogP contribution in [0.2, 0.25) is 0 Å². The third-order valence-electron chi connectivity index (χ3n) is 3.23. The van der Waals surface area contributed by atoms with E-state index in [1.165, 1.54) is 24.3 Å². The van der Waals surface area contributed by atoms with Crippen molar-refractivity contribution < 1.29 is 14.3 Å². The van der Waals surface area contributed by atoms with E-state index < -0.39 is 11.4 Å². The highest BCUT2D eigenvalue weighted by Gasteiger charge is 2.10.